The lowest BCUT2D eigenvalue weighted by Crippen LogP contribution is -2.34. The van der Waals surface area contributed by atoms with Gasteiger partial charge in [-0.3, -0.25) is 9.48 Å². The maximum absolute atomic E-state index is 12.7. The van der Waals surface area contributed by atoms with Gasteiger partial charge in [-0.05, 0) is 25.0 Å². The van der Waals surface area contributed by atoms with Crippen molar-refractivity contribution in [3.05, 3.63) is 65.0 Å². The fraction of sp³-hybridized carbons (Fsp3) is 0.400. The van der Waals surface area contributed by atoms with Gasteiger partial charge in [-0.15, -0.1) is 0 Å². The highest BCUT2D eigenvalue weighted by Gasteiger charge is 2.23. The van der Waals surface area contributed by atoms with Crippen LogP contribution in [-0.2, 0) is 32.9 Å². The summed E-state index contributed by atoms with van der Waals surface area (Å²) in [5.41, 5.74) is 2.78. The Hall–Kier alpha value is -2.96. The third-order valence-electron chi connectivity index (χ3n) is 5.08. The molecule has 3 heterocycles. The molecule has 7 nitrogen and oxygen atoms in total. The van der Waals surface area contributed by atoms with Crippen LogP contribution in [0.2, 0.25) is 0 Å². The van der Waals surface area contributed by atoms with Gasteiger partial charge in [0, 0.05) is 38.7 Å². The van der Waals surface area contributed by atoms with E-state index < -0.39 is 0 Å². The zero-order valence-corrected chi connectivity index (χ0v) is 15.8. The predicted molar refractivity (Wildman–Crippen MR) is 101 cm³/mol. The molecule has 0 atom stereocenters. The quantitative estimate of drug-likeness (QED) is 0.708. The van der Waals surface area contributed by atoms with Gasteiger partial charge in [0.05, 0.1) is 6.54 Å². The second-order valence-electron chi connectivity index (χ2n) is 6.99. The van der Waals surface area contributed by atoms with Crippen molar-refractivity contribution in [1.82, 2.24) is 29.4 Å². The van der Waals surface area contributed by atoms with Gasteiger partial charge in [-0.25, -0.2) is 9.67 Å². The monoisotopic (exact) mass is 364 g/mol. The van der Waals surface area contributed by atoms with Crippen LogP contribution in [0.3, 0.4) is 0 Å². The van der Waals surface area contributed by atoms with Crippen LogP contribution in [0.5, 0.6) is 0 Å². The third-order valence-corrected chi connectivity index (χ3v) is 5.08. The highest BCUT2D eigenvalue weighted by atomic mass is 16.2. The molecular formula is C20H24N6O. The molecule has 1 aliphatic rings. The predicted octanol–water partition coefficient (Wildman–Crippen LogP) is 1.80. The Bertz CT molecular complexity index is 898. The summed E-state index contributed by atoms with van der Waals surface area (Å²) in [6.45, 7) is 3.89. The maximum Gasteiger partial charge on any atom is 0.274 e. The first-order valence-electron chi connectivity index (χ1n) is 9.36. The van der Waals surface area contributed by atoms with Crippen LogP contribution in [0.4, 0.5) is 0 Å². The Morgan fingerprint density at radius 1 is 1.07 bits per heavy atom. The number of benzene rings is 1. The van der Waals surface area contributed by atoms with Gasteiger partial charge < -0.3 is 4.90 Å². The van der Waals surface area contributed by atoms with Crippen molar-refractivity contribution in [3.63, 3.8) is 0 Å². The van der Waals surface area contributed by atoms with E-state index in [2.05, 4.69) is 34.5 Å². The first kappa shape index (κ1) is 17.5. The van der Waals surface area contributed by atoms with Crippen molar-refractivity contribution in [2.75, 3.05) is 13.1 Å². The molecule has 1 aliphatic heterocycles. The first-order chi connectivity index (χ1) is 13.1. The van der Waals surface area contributed by atoms with Crippen LogP contribution < -0.4 is 0 Å². The third kappa shape index (κ3) is 3.77. The van der Waals surface area contributed by atoms with E-state index in [1.165, 1.54) is 5.56 Å². The second-order valence-corrected chi connectivity index (χ2v) is 6.99. The lowest BCUT2D eigenvalue weighted by molar-refractivity contribution is 0.0751. The van der Waals surface area contributed by atoms with Crippen LogP contribution in [0.1, 0.15) is 33.4 Å². The Morgan fingerprint density at radius 3 is 2.63 bits per heavy atom. The number of rotatable bonds is 4. The molecule has 140 valence electrons. The van der Waals surface area contributed by atoms with Crippen molar-refractivity contribution >= 4 is 5.91 Å². The highest BCUT2D eigenvalue weighted by Crippen LogP contribution is 2.12. The Morgan fingerprint density at radius 2 is 1.89 bits per heavy atom. The summed E-state index contributed by atoms with van der Waals surface area (Å²) in [7, 11) is 1.85. The summed E-state index contributed by atoms with van der Waals surface area (Å²) in [6, 6.07) is 12.2. The van der Waals surface area contributed by atoms with Gasteiger partial charge in [-0.2, -0.15) is 10.2 Å². The van der Waals surface area contributed by atoms with E-state index in [1.807, 2.05) is 35.7 Å². The number of hydrogen-bond donors (Lipinski definition) is 0. The molecule has 3 aromatic rings. The summed E-state index contributed by atoms with van der Waals surface area (Å²) in [5.74, 6) is 1.83. The standard InChI is InChI=1S/C20H24N6O/c1-15-14-17(22-24(15)2)20(27)25-11-10-19-21-18(23-26(19)13-12-25)9-8-16-6-4-3-5-7-16/h3-7,14H,8-13H2,1-2H3. The van der Waals surface area contributed by atoms with Gasteiger partial charge in [0.15, 0.2) is 11.5 Å². The fourth-order valence-corrected chi connectivity index (χ4v) is 3.39. The van der Waals surface area contributed by atoms with E-state index in [4.69, 9.17) is 4.98 Å². The van der Waals surface area contributed by atoms with E-state index >= 15 is 0 Å². The molecule has 1 aromatic carbocycles. The number of aromatic nitrogens is 5. The Labute approximate surface area is 158 Å². The maximum atomic E-state index is 12.7. The largest absolute Gasteiger partial charge is 0.335 e. The highest BCUT2D eigenvalue weighted by molar-refractivity contribution is 5.92. The minimum absolute atomic E-state index is 0.0197. The smallest absolute Gasteiger partial charge is 0.274 e. The van der Waals surface area contributed by atoms with Crippen molar-refractivity contribution in [2.24, 2.45) is 7.05 Å². The van der Waals surface area contributed by atoms with E-state index in [9.17, 15) is 4.79 Å². The van der Waals surface area contributed by atoms with Crippen LogP contribution in [0.25, 0.3) is 0 Å². The van der Waals surface area contributed by atoms with Gasteiger partial charge in [-0.1, -0.05) is 30.3 Å². The van der Waals surface area contributed by atoms with Crippen molar-refractivity contribution in [1.29, 1.82) is 0 Å². The van der Waals surface area contributed by atoms with Gasteiger partial charge in [0.2, 0.25) is 0 Å². The molecule has 0 saturated heterocycles. The number of hydrogen-bond acceptors (Lipinski definition) is 4. The average molecular weight is 364 g/mol. The summed E-state index contributed by atoms with van der Waals surface area (Å²) in [6.07, 6.45) is 2.49. The minimum Gasteiger partial charge on any atom is -0.335 e. The molecule has 1 amide bonds. The van der Waals surface area contributed by atoms with Crippen molar-refractivity contribution < 1.29 is 4.79 Å². The lowest BCUT2D eigenvalue weighted by atomic mass is 10.1. The van der Waals surface area contributed by atoms with E-state index in [-0.39, 0.29) is 5.91 Å². The zero-order chi connectivity index (χ0) is 18.8. The molecule has 7 heteroatoms. The molecule has 4 rings (SSSR count). The van der Waals surface area contributed by atoms with E-state index in [1.54, 1.807) is 4.68 Å². The topological polar surface area (TPSA) is 68.8 Å². The van der Waals surface area contributed by atoms with Crippen molar-refractivity contribution in [2.45, 2.75) is 32.7 Å². The fourth-order valence-electron chi connectivity index (χ4n) is 3.39. The number of aryl methyl sites for hydroxylation is 4. The molecule has 0 spiro atoms. The summed E-state index contributed by atoms with van der Waals surface area (Å²) in [5, 5.41) is 8.97. The van der Waals surface area contributed by atoms with E-state index in [0.29, 0.717) is 25.3 Å². The minimum atomic E-state index is -0.0197. The first-order valence-corrected chi connectivity index (χ1v) is 9.36. The summed E-state index contributed by atoms with van der Waals surface area (Å²) < 4.78 is 3.69. The normalized spacial score (nSPS) is 14.1. The lowest BCUT2D eigenvalue weighted by Gasteiger charge is -2.18. The SMILES string of the molecule is Cc1cc(C(=O)N2CCc3nc(CCc4ccccc4)nn3CC2)nn1C. The zero-order valence-electron chi connectivity index (χ0n) is 15.8. The van der Waals surface area contributed by atoms with Crippen LogP contribution in [0.15, 0.2) is 36.4 Å². The van der Waals surface area contributed by atoms with Crippen LogP contribution in [0, 0.1) is 6.92 Å². The number of carbonyl (C=O) groups excluding carboxylic acids is 1. The van der Waals surface area contributed by atoms with Gasteiger partial charge in [0.25, 0.3) is 5.91 Å². The van der Waals surface area contributed by atoms with Crippen LogP contribution in [-0.4, -0.2) is 48.4 Å². The average Bonchev–Trinajstić information content (AvgIpc) is 3.17. The molecule has 0 fully saturated rings. The van der Waals surface area contributed by atoms with Gasteiger partial charge >= 0.3 is 0 Å². The molecule has 0 radical (unpaired) electrons. The van der Waals surface area contributed by atoms with E-state index in [0.717, 1.165) is 36.6 Å². The molecule has 0 unspecified atom stereocenters. The molecule has 2 aromatic heterocycles. The van der Waals surface area contributed by atoms with Crippen molar-refractivity contribution in [3.8, 4) is 0 Å². The molecular weight excluding hydrogens is 340 g/mol. The number of amides is 1. The van der Waals surface area contributed by atoms with Gasteiger partial charge in [0.1, 0.15) is 5.82 Å². The Kier molecular flexibility index (Phi) is 4.75. The molecule has 0 saturated carbocycles. The summed E-state index contributed by atoms with van der Waals surface area (Å²) in [4.78, 5) is 19.3. The number of nitrogens with zero attached hydrogens (tertiary/aromatic N) is 6. The molecule has 27 heavy (non-hydrogen) atoms. The Balaban J connectivity index is 1.39. The molecule has 0 aliphatic carbocycles. The number of carbonyl (C=O) groups is 1. The number of fused-ring (bicyclic) bond motifs is 1. The molecule has 0 N–H and O–H groups in total. The summed E-state index contributed by atoms with van der Waals surface area (Å²) >= 11 is 0. The molecule has 0 bridgehead atoms. The van der Waals surface area contributed by atoms with Crippen LogP contribution >= 0.6 is 0 Å². The second kappa shape index (κ2) is 7.34.